The minimum absolute atomic E-state index is 0.500. The first-order chi connectivity index (χ1) is 34.3. The van der Waals surface area contributed by atoms with Crippen molar-refractivity contribution in [2.45, 2.75) is 295 Å². The normalized spacial score (nSPS) is 24.5. The second-order valence-electron chi connectivity index (χ2n) is 26.9. The standard InChI is InChI=1S/2C11H18.C11H10.C7H8.4C5H12.2C4H10.C3H8.C2H6/c1-11-5-8-2-9(6-11)4-10(3-8)7-11;1-7-10-3-8-2-9(5-10)6-11(7)4-8;1-9-5-4-7-10-6-2-3-8-11(9)10;1-7-5-3-2-4-6-7;1-5(2,3)4;2*1-4-5(2)3;1-3-5-4-2;1-4(2)3;1-3-4-2;1-3-2;1-2/h8-10H,2-7H2,1H3;7-11H,2-6H2,1H3;2-8H,1H3;2-6H,1H3;1-4H3;2*5H,4H2,1-3H3;3-5H2,1-2H3;4H,1-3H3;3-4H2,1-2H3;3H2,1-2H3;1-2H3. The van der Waals surface area contributed by atoms with Gasteiger partial charge in [0.05, 0.1) is 0 Å². The Morgan fingerprint density at radius 1 is 0.479 bits per heavy atom. The van der Waals surface area contributed by atoms with Crippen molar-refractivity contribution in [2.75, 3.05) is 0 Å². The Morgan fingerprint density at radius 2 is 0.795 bits per heavy atom. The molecule has 11 rings (SSSR count). The molecule has 8 bridgehead atoms. The average molecular weight is 1010 g/mol. The quantitative estimate of drug-likeness (QED) is 0.239. The molecule has 0 aliphatic heterocycles. The third-order valence-electron chi connectivity index (χ3n) is 14.8. The Labute approximate surface area is 463 Å². The van der Waals surface area contributed by atoms with Crippen LogP contribution in [0.1, 0.15) is 292 Å². The molecule has 73 heavy (non-hydrogen) atoms. The van der Waals surface area contributed by atoms with Gasteiger partial charge in [0.2, 0.25) is 0 Å². The number of aryl methyl sites for hydroxylation is 2. The molecule has 0 atom stereocenters. The van der Waals surface area contributed by atoms with Gasteiger partial charge in [0.1, 0.15) is 0 Å². The van der Waals surface area contributed by atoms with Gasteiger partial charge < -0.3 is 0 Å². The molecule has 0 heterocycles. The van der Waals surface area contributed by atoms with Crippen LogP contribution >= 0.6 is 0 Å². The number of benzene rings is 3. The average Bonchev–Trinajstić information content (AvgIpc) is 3.32. The highest BCUT2D eigenvalue weighted by Crippen LogP contribution is 2.60. The lowest BCUT2D eigenvalue weighted by Gasteiger charge is -2.55. The smallest absolute Gasteiger partial charge is 0.0155 e. The van der Waals surface area contributed by atoms with Crippen molar-refractivity contribution in [1.29, 1.82) is 0 Å². The van der Waals surface area contributed by atoms with Crippen LogP contribution in [0.3, 0.4) is 0 Å². The van der Waals surface area contributed by atoms with E-state index in [0.29, 0.717) is 5.41 Å². The van der Waals surface area contributed by atoms with Gasteiger partial charge in [-0.25, -0.2) is 0 Å². The monoisotopic (exact) mass is 1010 g/mol. The predicted octanol–water partition coefficient (Wildman–Crippen LogP) is 25.7. The first kappa shape index (κ1) is 75.2. The fourth-order valence-electron chi connectivity index (χ4n) is 11.0. The van der Waals surface area contributed by atoms with Crippen LogP contribution in [-0.4, -0.2) is 0 Å². The second kappa shape index (κ2) is 45.0. The highest BCUT2D eigenvalue weighted by Gasteiger charge is 2.48. The summed E-state index contributed by atoms with van der Waals surface area (Å²) in [6.07, 6.45) is 28.0. The van der Waals surface area contributed by atoms with E-state index in [-0.39, 0.29) is 0 Å². The van der Waals surface area contributed by atoms with E-state index >= 15 is 0 Å². The minimum Gasteiger partial charge on any atom is -0.0683 e. The topological polar surface area (TPSA) is 0 Å². The SMILES string of the molecule is CC.CC(C)(C)C.CC(C)C.CC12CC3CC(CC(C3)C1)C2.CC1C2CC3CC(C2)CC1C3.CCC.CCC(C)C.CCC(C)C.CCCC.CCCCC.Cc1cccc2ccccc12.Cc1ccccc1. The molecular formula is C73H136. The number of hydrogen-bond donors (Lipinski definition) is 0. The van der Waals surface area contributed by atoms with E-state index < -0.39 is 0 Å². The molecule has 8 aliphatic carbocycles. The van der Waals surface area contributed by atoms with Crippen molar-refractivity contribution in [2.24, 2.45) is 75.9 Å². The van der Waals surface area contributed by atoms with Gasteiger partial charge in [0.15, 0.2) is 0 Å². The molecule has 0 N–H and O–H groups in total. The molecule has 0 amide bonds. The minimum atomic E-state index is 0.500. The van der Waals surface area contributed by atoms with Crippen LogP contribution in [0.25, 0.3) is 10.8 Å². The largest absolute Gasteiger partial charge is 0.0683 e. The number of hydrogen-bond acceptors (Lipinski definition) is 0. The Hall–Kier alpha value is -2.08. The molecule has 8 saturated carbocycles. The summed E-state index contributed by atoms with van der Waals surface area (Å²) in [5, 5.41) is 2.68. The third kappa shape index (κ3) is 40.8. The lowest BCUT2D eigenvalue weighted by Crippen LogP contribution is -2.44. The molecule has 0 nitrogen and oxygen atoms in total. The van der Waals surface area contributed by atoms with Gasteiger partial charge in [0, 0.05) is 0 Å². The Bertz CT molecular complexity index is 1510. The first-order valence-electron chi connectivity index (χ1n) is 31.8. The lowest BCUT2D eigenvalue weighted by atomic mass is 9.50. The molecule has 8 aliphatic rings. The van der Waals surface area contributed by atoms with Gasteiger partial charge in [-0.05, 0) is 177 Å². The van der Waals surface area contributed by atoms with E-state index in [9.17, 15) is 0 Å². The van der Waals surface area contributed by atoms with Crippen LogP contribution in [0.15, 0.2) is 72.8 Å². The second-order valence-corrected chi connectivity index (χ2v) is 26.9. The van der Waals surface area contributed by atoms with Crippen LogP contribution in [0.4, 0.5) is 0 Å². The van der Waals surface area contributed by atoms with Gasteiger partial charge in [-0.1, -0.05) is 289 Å². The van der Waals surface area contributed by atoms with Crippen LogP contribution in [-0.2, 0) is 0 Å². The van der Waals surface area contributed by atoms with Crippen molar-refractivity contribution in [3.8, 4) is 0 Å². The molecule has 0 unspecified atom stereocenters. The number of fused-ring (bicyclic) bond motifs is 1. The summed E-state index contributed by atoms with van der Waals surface area (Å²) in [5.74, 6) is 11.7. The van der Waals surface area contributed by atoms with E-state index in [1.807, 2.05) is 32.0 Å². The van der Waals surface area contributed by atoms with Gasteiger partial charge in [-0.3, -0.25) is 0 Å². The zero-order valence-corrected chi connectivity index (χ0v) is 54.7. The van der Waals surface area contributed by atoms with Crippen molar-refractivity contribution in [3.05, 3.63) is 83.9 Å². The highest BCUT2D eigenvalue weighted by molar-refractivity contribution is 5.85. The van der Waals surface area contributed by atoms with Crippen LogP contribution in [0.2, 0.25) is 0 Å². The first-order valence-corrected chi connectivity index (χ1v) is 31.8. The van der Waals surface area contributed by atoms with Crippen LogP contribution < -0.4 is 0 Å². The fraction of sp³-hybridized carbons (Fsp3) is 0.781. The molecule has 0 saturated heterocycles. The summed E-state index contributed by atoms with van der Waals surface area (Å²) >= 11 is 0. The van der Waals surface area contributed by atoms with Crippen LogP contribution in [0, 0.1) is 89.8 Å². The Kier molecular flexibility index (Phi) is 46.3. The molecule has 8 fully saturated rings. The van der Waals surface area contributed by atoms with Crippen molar-refractivity contribution >= 4 is 10.8 Å². The summed E-state index contributed by atoms with van der Waals surface area (Å²) in [6.45, 7) is 54.8. The lowest BCUT2D eigenvalue weighted by molar-refractivity contribution is -0.0411. The summed E-state index contributed by atoms with van der Waals surface area (Å²) in [4.78, 5) is 0. The van der Waals surface area contributed by atoms with E-state index in [1.165, 1.54) is 73.3 Å². The van der Waals surface area contributed by atoms with Crippen molar-refractivity contribution < 1.29 is 0 Å². The Balaban J connectivity index is -0.000000759. The van der Waals surface area contributed by atoms with Crippen LogP contribution in [0.5, 0.6) is 0 Å². The van der Waals surface area contributed by atoms with Gasteiger partial charge in [0.25, 0.3) is 0 Å². The molecule has 3 aromatic rings. The van der Waals surface area contributed by atoms with E-state index in [4.69, 9.17) is 0 Å². The summed E-state index contributed by atoms with van der Waals surface area (Å²) in [5.41, 5.74) is 3.97. The van der Waals surface area contributed by atoms with E-state index in [2.05, 4.69) is 214 Å². The maximum Gasteiger partial charge on any atom is -0.0155 e. The summed E-state index contributed by atoms with van der Waals surface area (Å²) in [7, 11) is 0. The van der Waals surface area contributed by atoms with Gasteiger partial charge >= 0.3 is 0 Å². The summed E-state index contributed by atoms with van der Waals surface area (Å²) in [6, 6.07) is 25.1. The zero-order chi connectivity index (χ0) is 56.6. The van der Waals surface area contributed by atoms with E-state index in [0.717, 1.165) is 70.5 Å². The molecule has 0 radical (unpaired) electrons. The molecule has 0 aromatic heterocycles. The molecule has 0 spiro atoms. The fourth-order valence-corrected chi connectivity index (χ4v) is 11.0. The van der Waals surface area contributed by atoms with Gasteiger partial charge in [-0.2, -0.15) is 0 Å². The maximum absolute atomic E-state index is 2.54. The molecule has 428 valence electrons. The molecule has 0 heteroatoms. The van der Waals surface area contributed by atoms with Crippen molar-refractivity contribution in [1.82, 2.24) is 0 Å². The number of rotatable bonds is 5. The predicted molar refractivity (Wildman–Crippen MR) is 341 cm³/mol. The maximum atomic E-state index is 2.54. The van der Waals surface area contributed by atoms with Gasteiger partial charge in [-0.15, -0.1) is 0 Å². The molecular weight excluding hydrogens is 877 g/mol. The van der Waals surface area contributed by atoms with E-state index in [1.54, 1.807) is 70.6 Å². The third-order valence-corrected chi connectivity index (χ3v) is 14.8. The summed E-state index contributed by atoms with van der Waals surface area (Å²) < 4.78 is 0. The molecule has 3 aromatic carbocycles. The Morgan fingerprint density at radius 3 is 1.05 bits per heavy atom. The number of unbranched alkanes of at least 4 members (excludes halogenated alkanes) is 3. The highest BCUT2D eigenvalue weighted by atomic mass is 14.5. The zero-order valence-electron chi connectivity index (χ0n) is 54.7. The van der Waals surface area contributed by atoms with Crippen molar-refractivity contribution in [3.63, 3.8) is 0 Å².